The predicted octanol–water partition coefficient (Wildman–Crippen LogP) is 3.67. The Hall–Kier alpha value is -2.31. The van der Waals surface area contributed by atoms with Gasteiger partial charge in [0.15, 0.2) is 0 Å². The molecule has 0 saturated carbocycles. The smallest absolute Gasteiger partial charge is 0.335 e. The van der Waals surface area contributed by atoms with Gasteiger partial charge < -0.3 is 5.11 Å². The van der Waals surface area contributed by atoms with Crippen molar-refractivity contribution in [2.75, 3.05) is 5.75 Å². The van der Waals surface area contributed by atoms with Gasteiger partial charge in [-0.2, -0.15) is 5.10 Å². The van der Waals surface area contributed by atoms with Gasteiger partial charge in [-0.15, -0.1) is 11.8 Å². The van der Waals surface area contributed by atoms with Gasteiger partial charge in [-0.3, -0.25) is 4.79 Å². The summed E-state index contributed by atoms with van der Waals surface area (Å²) in [4.78, 5) is 23.5. The van der Waals surface area contributed by atoms with Crippen molar-refractivity contribution in [1.29, 1.82) is 0 Å². The van der Waals surface area contributed by atoms with Crippen LogP contribution in [0.1, 0.15) is 22.3 Å². The molecule has 0 unspecified atom stereocenters. The Balaban J connectivity index is 1.72. The third-order valence-corrected chi connectivity index (χ3v) is 4.24. The topological polar surface area (TPSA) is 78.8 Å². The average Bonchev–Trinajstić information content (AvgIpc) is 2.57. The highest BCUT2D eigenvalue weighted by Crippen LogP contribution is 2.20. The Morgan fingerprint density at radius 3 is 2.42 bits per heavy atom. The molecule has 124 valence electrons. The number of nitrogens with one attached hydrogen (secondary N) is 1. The number of rotatable bonds is 7. The first-order valence-corrected chi connectivity index (χ1v) is 8.44. The van der Waals surface area contributed by atoms with Crippen molar-refractivity contribution >= 4 is 41.5 Å². The first-order valence-electron chi connectivity index (χ1n) is 7.08. The minimum Gasteiger partial charge on any atom is -0.478 e. The quantitative estimate of drug-likeness (QED) is 0.447. The molecule has 0 aliphatic heterocycles. The van der Waals surface area contributed by atoms with Crippen LogP contribution in [0.3, 0.4) is 0 Å². The number of amides is 1. The maximum Gasteiger partial charge on any atom is 0.335 e. The van der Waals surface area contributed by atoms with Crippen molar-refractivity contribution in [1.82, 2.24) is 5.43 Å². The second kappa shape index (κ2) is 9.10. The normalized spacial score (nSPS) is 10.7. The van der Waals surface area contributed by atoms with Crippen molar-refractivity contribution in [2.45, 2.75) is 11.3 Å². The summed E-state index contributed by atoms with van der Waals surface area (Å²) in [6.07, 6.45) is 1.80. The van der Waals surface area contributed by atoms with Crippen LogP contribution in [0.25, 0.3) is 0 Å². The SMILES string of the molecule is O=C(CCSc1ccc(Cl)cc1)N/N=C\c1ccc(C(=O)O)cc1. The molecule has 0 fully saturated rings. The van der Waals surface area contributed by atoms with Crippen molar-refractivity contribution in [3.05, 3.63) is 64.7 Å². The minimum atomic E-state index is -0.982. The zero-order chi connectivity index (χ0) is 17.4. The van der Waals surface area contributed by atoms with Gasteiger partial charge in [0.05, 0.1) is 11.8 Å². The van der Waals surface area contributed by atoms with Crippen LogP contribution in [-0.2, 0) is 4.79 Å². The fraction of sp³-hybridized carbons (Fsp3) is 0.118. The van der Waals surface area contributed by atoms with E-state index in [1.807, 2.05) is 24.3 Å². The van der Waals surface area contributed by atoms with Crippen LogP contribution < -0.4 is 5.43 Å². The van der Waals surface area contributed by atoms with Gasteiger partial charge in [-0.05, 0) is 42.0 Å². The van der Waals surface area contributed by atoms with Crippen molar-refractivity contribution in [2.24, 2.45) is 5.10 Å². The van der Waals surface area contributed by atoms with Crippen molar-refractivity contribution in [3.63, 3.8) is 0 Å². The molecule has 0 aromatic heterocycles. The number of hydrogen-bond donors (Lipinski definition) is 2. The predicted molar refractivity (Wildman–Crippen MR) is 95.9 cm³/mol. The second-order valence-electron chi connectivity index (χ2n) is 4.77. The van der Waals surface area contributed by atoms with Gasteiger partial charge in [0.1, 0.15) is 0 Å². The van der Waals surface area contributed by atoms with E-state index in [0.717, 1.165) is 4.90 Å². The van der Waals surface area contributed by atoms with E-state index < -0.39 is 5.97 Å². The third kappa shape index (κ3) is 6.06. The summed E-state index contributed by atoms with van der Waals surface area (Å²) in [5.41, 5.74) is 3.35. The maximum atomic E-state index is 11.7. The Bertz CT molecular complexity index is 731. The van der Waals surface area contributed by atoms with Crippen LogP contribution in [0, 0.1) is 0 Å². The molecule has 0 radical (unpaired) electrons. The molecule has 5 nitrogen and oxygen atoms in total. The van der Waals surface area contributed by atoms with E-state index in [4.69, 9.17) is 16.7 Å². The molecule has 2 aromatic rings. The van der Waals surface area contributed by atoms with Crippen LogP contribution >= 0.6 is 23.4 Å². The molecule has 0 atom stereocenters. The monoisotopic (exact) mass is 362 g/mol. The van der Waals surface area contributed by atoms with Crippen molar-refractivity contribution < 1.29 is 14.7 Å². The lowest BCUT2D eigenvalue weighted by Gasteiger charge is -2.01. The molecular formula is C17H15ClN2O3S. The molecule has 2 N–H and O–H groups in total. The number of thioether (sulfide) groups is 1. The summed E-state index contributed by atoms with van der Waals surface area (Å²) in [7, 11) is 0. The van der Waals surface area contributed by atoms with Crippen molar-refractivity contribution in [3.8, 4) is 0 Å². The van der Waals surface area contributed by atoms with E-state index in [2.05, 4.69) is 10.5 Å². The summed E-state index contributed by atoms with van der Waals surface area (Å²) in [5.74, 6) is -0.532. The van der Waals surface area contributed by atoms with E-state index >= 15 is 0 Å². The number of hydrogen-bond acceptors (Lipinski definition) is 4. The third-order valence-electron chi connectivity index (χ3n) is 2.97. The lowest BCUT2D eigenvalue weighted by molar-refractivity contribution is -0.120. The van der Waals surface area contributed by atoms with Gasteiger partial charge in [-0.1, -0.05) is 23.7 Å². The lowest BCUT2D eigenvalue weighted by Crippen LogP contribution is -2.17. The van der Waals surface area contributed by atoms with Gasteiger partial charge in [0.25, 0.3) is 0 Å². The summed E-state index contributed by atoms with van der Waals surface area (Å²) in [6.45, 7) is 0. The maximum absolute atomic E-state index is 11.7. The van der Waals surface area contributed by atoms with Gasteiger partial charge in [0.2, 0.25) is 5.91 Å². The molecule has 2 aromatic carbocycles. The minimum absolute atomic E-state index is 0.185. The number of carbonyl (C=O) groups excluding carboxylic acids is 1. The van der Waals surface area contributed by atoms with Crippen LogP contribution in [0.5, 0.6) is 0 Å². The first-order chi connectivity index (χ1) is 11.5. The number of benzene rings is 2. The number of carbonyl (C=O) groups is 2. The molecule has 0 aliphatic carbocycles. The van der Waals surface area contributed by atoms with E-state index in [0.29, 0.717) is 22.8 Å². The molecule has 24 heavy (non-hydrogen) atoms. The molecule has 0 saturated heterocycles. The number of aromatic carboxylic acids is 1. The summed E-state index contributed by atoms with van der Waals surface area (Å²) >= 11 is 7.37. The molecule has 7 heteroatoms. The average molecular weight is 363 g/mol. The number of carboxylic acids is 1. The highest BCUT2D eigenvalue weighted by Gasteiger charge is 2.02. The summed E-state index contributed by atoms with van der Waals surface area (Å²) < 4.78 is 0. The second-order valence-corrected chi connectivity index (χ2v) is 6.38. The molecule has 2 rings (SSSR count). The largest absolute Gasteiger partial charge is 0.478 e. The molecule has 0 heterocycles. The molecule has 0 aliphatic rings. The fourth-order valence-corrected chi connectivity index (χ4v) is 2.72. The fourth-order valence-electron chi connectivity index (χ4n) is 1.74. The number of carboxylic acid groups (broad SMARTS) is 1. The van der Waals surface area contributed by atoms with Crippen LogP contribution in [0.15, 0.2) is 58.5 Å². The standard InChI is InChI=1S/C17H15ClN2O3S/c18-14-5-7-15(8-6-14)24-10-9-16(21)20-19-11-12-1-3-13(4-2-12)17(22)23/h1-8,11H,9-10H2,(H,20,21)(H,22,23)/b19-11-. The number of nitrogens with zero attached hydrogens (tertiary/aromatic N) is 1. The van der Waals surface area contributed by atoms with E-state index in [1.165, 1.54) is 18.3 Å². The van der Waals surface area contributed by atoms with E-state index in [1.54, 1.807) is 23.9 Å². The number of halogens is 1. The lowest BCUT2D eigenvalue weighted by atomic mass is 10.1. The Morgan fingerprint density at radius 2 is 1.79 bits per heavy atom. The van der Waals surface area contributed by atoms with E-state index in [-0.39, 0.29) is 11.5 Å². The first kappa shape index (κ1) is 18.0. The molecule has 0 spiro atoms. The van der Waals surface area contributed by atoms with Gasteiger partial charge in [0, 0.05) is 22.1 Å². The van der Waals surface area contributed by atoms with Crippen LogP contribution in [0.4, 0.5) is 0 Å². The molecular weight excluding hydrogens is 348 g/mol. The Labute approximate surface area is 148 Å². The Morgan fingerprint density at radius 1 is 1.12 bits per heavy atom. The highest BCUT2D eigenvalue weighted by atomic mass is 35.5. The van der Waals surface area contributed by atoms with E-state index in [9.17, 15) is 9.59 Å². The number of hydrazone groups is 1. The zero-order valence-electron chi connectivity index (χ0n) is 12.6. The zero-order valence-corrected chi connectivity index (χ0v) is 14.2. The summed E-state index contributed by atoms with van der Waals surface area (Å²) in [6, 6.07) is 13.6. The molecule has 1 amide bonds. The van der Waals surface area contributed by atoms with Gasteiger partial charge in [-0.25, -0.2) is 10.2 Å². The summed E-state index contributed by atoms with van der Waals surface area (Å²) in [5, 5.41) is 13.3. The van der Waals surface area contributed by atoms with Crippen LogP contribution in [0.2, 0.25) is 5.02 Å². The molecule has 0 bridgehead atoms. The van der Waals surface area contributed by atoms with Gasteiger partial charge >= 0.3 is 5.97 Å². The Kier molecular flexibility index (Phi) is 6.84. The highest BCUT2D eigenvalue weighted by molar-refractivity contribution is 7.99. The van der Waals surface area contributed by atoms with Crippen LogP contribution in [-0.4, -0.2) is 29.0 Å².